The summed E-state index contributed by atoms with van der Waals surface area (Å²) in [5.74, 6) is 0.293. The van der Waals surface area contributed by atoms with E-state index in [4.69, 9.17) is 0 Å². The van der Waals surface area contributed by atoms with Crippen LogP contribution in [0.15, 0.2) is 24.4 Å². The standard InChI is InChI=1S/C23H26FN3O3S.ClH/c1-14-12-17(6-7-18(14)24)26-19-13-25-22(21-16-4-2-15(3-5-16)20(19)21)23(28)27-8-10-31(29,30)11-9-27;/h6-7,12-13,15-16,26H,2-5,8-11H2,1H3;1H. The van der Waals surface area contributed by atoms with E-state index < -0.39 is 9.84 Å². The van der Waals surface area contributed by atoms with Crippen molar-refractivity contribution in [3.63, 3.8) is 0 Å². The van der Waals surface area contributed by atoms with Gasteiger partial charge in [-0.15, -0.1) is 12.4 Å². The molecular weight excluding hydrogens is 453 g/mol. The van der Waals surface area contributed by atoms with Gasteiger partial charge in [0, 0.05) is 18.8 Å². The van der Waals surface area contributed by atoms with Gasteiger partial charge in [-0.2, -0.15) is 0 Å². The summed E-state index contributed by atoms with van der Waals surface area (Å²) in [5.41, 5.74) is 4.92. The summed E-state index contributed by atoms with van der Waals surface area (Å²) in [5, 5.41) is 3.41. The molecule has 2 aromatic rings. The Kier molecular flexibility index (Phi) is 6.20. The van der Waals surface area contributed by atoms with Crippen LogP contribution in [-0.2, 0) is 9.84 Å². The van der Waals surface area contributed by atoms with Crippen molar-refractivity contribution in [2.45, 2.75) is 44.4 Å². The predicted molar refractivity (Wildman–Crippen MR) is 124 cm³/mol. The number of sulfone groups is 1. The van der Waals surface area contributed by atoms with E-state index in [-0.39, 0.29) is 48.7 Å². The van der Waals surface area contributed by atoms with Gasteiger partial charge in [0.05, 0.1) is 23.4 Å². The normalized spacial score (nSPS) is 23.2. The minimum Gasteiger partial charge on any atom is -0.354 e. The Bertz CT molecular complexity index is 1150. The number of nitrogens with one attached hydrogen (secondary N) is 1. The molecule has 0 unspecified atom stereocenters. The molecule has 0 radical (unpaired) electrons. The van der Waals surface area contributed by atoms with Crippen molar-refractivity contribution in [1.82, 2.24) is 9.88 Å². The van der Waals surface area contributed by atoms with Crippen molar-refractivity contribution in [2.24, 2.45) is 0 Å². The number of hydrogen-bond donors (Lipinski definition) is 1. The molecule has 1 aromatic heterocycles. The van der Waals surface area contributed by atoms with Crippen LogP contribution in [0.25, 0.3) is 0 Å². The van der Waals surface area contributed by atoms with E-state index in [1.807, 2.05) is 0 Å². The third-order valence-corrected chi connectivity index (χ3v) is 8.58. The smallest absolute Gasteiger partial charge is 0.272 e. The van der Waals surface area contributed by atoms with Gasteiger partial charge in [-0.25, -0.2) is 17.8 Å². The van der Waals surface area contributed by atoms with Crippen LogP contribution < -0.4 is 5.32 Å². The Morgan fingerprint density at radius 3 is 2.34 bits per heavy atom. The number of aromatic nitrogens is 1. The zero-order valence-corrected chi connectivity index (χ0v) is 19.6. The van der Waals surface area contributed by atoms with Crippen molar-refractivity contribution < 1.29 is 17.6 Å². The summed E-state index contributed by atoms with van der Waals surface area (Å²) in [6, 6.07) is 4.94. The van der Waals surface area contributed by atoms with Crippen LogP contribution in [-0.4, -0.2) is 48.8 Å². The number of benzene rings is 1. The Balaban J connectivity index is 0.00000245. The van der Waals surface area contributed by atoms with E-state index >= 15 is 0 Å². The summed E-state index contributed by atoms with van der Waals surface area (Å²) >= 11 is 0. The molecule has 2 heterocycles. The zero-order chi connectivity index (χ0) is 21.8. The molecule has 9 heteroatoms. The van der Waals surface area contributed by atoms with Crippen molar-refractivity contribution >= 4 is 39.5 Å². The molecular formula is C23H27ClFN3O3S. The van der Waals surface area contributed by atoms with Crippen molar-refractivity contribution in [3.05, 3.63) is 52.6 Å². The topological polar surface area (TPSA) is 79.4 Å². The SMILES string of the molecule is Cc1cc(Nc2cnc(C(=O)N3CCS(=O)(=O)CC3)c3c2C2CCC3CC2)ccc1F.Cl. The zero-order valence-electron chi connectivity index (χ0n) is 17.9. The molecule has 6 rings (SSSR count). The molecule has 3 aliphatic carbocycles. The number of halogens is 2. The molecule has 4 aliphatic rings. The third kappa shape index (κ3) is 4.10. The van der Waals surface area contributed by atoms with E-state index in [9.17, 15) is 17.6 Å². The highest BCUT2D eigenvalue weighted by atomic mass is 35.5. The largest absolute Gasteiger partial charge is 0.354 e. The van der Waals surface area contributed by atoms with Gasteiger partial charge in [0.2, 0.25) is 0 Å². The van der Waals surface area contributed by atoms with Crippen LogP contribution in [0.5, 0.6) is 0 Å². The van der Waals surface area contributed by atoms with Crippen molar-refractivity contribution in [3.8, 4) is 0 Å². The number of fused-ring (bicyclic) bond motifs is 2. The third-order valence-electron chi connectivity index (χ3n) is 6.97. The van der Waals surface area contributed by atoms with Crippen LogP contribution in [0.3, 0.4) is 0 Å². The Morgan fingerprint density at radius 1 is 1.09 bits per heavy atom. The number of amides is 1. The minimum atomic E-state index is -3.06. The highest BCUT2D eigenvalue weighted by Gasteiger charge is 2.39. The first-order valence-corrected chi connectivity index (χ1v) is 12.7. The first-order valence-electron chi connectivity index (χ1n) is 10.9. The fourth-order valence-electron chi connectivity index (χ4n) is 5.28. The van der Waals surface area contributed by atoms with Gasteiger partial charge in [-0.1, -0.05) is 0 Å². The Hall–Kier alpha value is -2.19. The number of anilines is 2. The fourth-order valence-corrected chi connectivity index (χ4v) is 6.48. The second-order valence-electron chi connectivity index (χ2n) is 8.93. The van der Waals surface area contributed by atoms with E-state index in [1.165, 1.54) is 6.07 Å². The first-order chi connectivity index (χ1) is 14.8. The lowest BCUT2D eigenvalue weighted by Crippen LogP contribution is -2.44. The second-order valence-corrected chi connectivity index (χ2v) is 11.2. The molecule has 1 saturated carbocycles. The lowest BCUT2D eigenvalue weighted by atomic mass is 9.66. The molecule has 32 heavy (non-hydrogen) atoms. The van der Waals surface area contributed by atoms with Gasteiger partial charge in [0.15, 0.2) is 9.84 Å². The number of hydrogen-bond acceptors (Lipinski definition) is 5. The van der Waals surface area contributed by atoms with E-state index in [2.05, 4.69) is 10.3 Å². The molecule has 0 spiro atoms. The molecule has 6 nitrogen and oxygen atoms in total. The Morgan fingerprint density at radius 2 is 1.72 bits per heavy atom. The molecule has 1 amide bonds. The molecule has 1 N–H and O–H groups in total. The lowest BCUT2D eigenvalue weighted by Gasteiger charge is -2.40. The maximum absolute atomic E-state index is 13.7. The van der Waals surface area contributed by atoms with E-state index in [1.54, 1.807) is 30.2 Å². The number of rotatable bonds is 3. The maximum Gasteiger partial charge on any atom is 0.272 e. The van der Waals surface area contributed by atoms with Gasteiger partial charge in [-0.3, -0.25) is 4.79 Å². The van der Waals surface area contributed by atoms with Crippen LogP contribution in [0.4, 0.5) is 15.8 Å². The maximum atomic E-state index is 13.7. The van der Waals surface area contributed by atoms with E-state index in [0.29, 0.717) is 23.1 Å². The van der Waals surface area contributed by atoms with Crippen LogP contribution >= 0.6 is 12.4 Å². The molecule has 1 saturated heterocycles. The summed E-state index contributed by atoms with van der Waals surface area (Å²) in [6.45, 7) is 2.18. The average molecular weight is 480 g/mol. The van der Waals surface area contributed by atoms with E-state index in [0.717, 1.165) is 48.2 Å². The quantitative estimate of drug-likeness (QED) is 0.709. The second kappa shape index (κ2) is 8.63. The van der Waals surface area contributed by atoms with Crippen LogP contribution in [0.1, 0.15) is 64.7 Å². The highest BCUT2D eigenvalue weighted by molar-refractivity contribution is 7.91. The van der Waals surface area contributed by atoms with Crippen LogP contribution in [0.2, 0.25) is 0 Å². The van der Waals surface area contributed by atoms with Gasteiger partial charge in [0.1, 0.15) is 11.5 Å². The fraction of sp³-hybridized carbons (Fsp3) is 0.478. The number of carbonyl (C=O) groups is 1. The molecule has 172 valence electrons. The van der Waals surface area contributed by atoms with Crippen molar-refractivity contribution in [2.75, 3.05) is 29.9 Å². The summed E-state index contributed by atoms with van der Waals surface area (Å²) in [4.78, 5) is 19.5. The lowest BCUT2D eigenvalue weighted by molar-refractivity contribution is 0.0761. The predicted octanol–water partition coefficient (Wildman–Crippen LogP) is 4.32. The monoisotopic (exact) mass is 479 g/mol. The molecule has 1 aliphatic heterocycles. The molecule has 2 bridgehead atoms. The van der Waals surface area contributed by atoms with Gasteiger partial charge >= 0.3 is 0 Å². The Labute approximate surface area is 193 Å². The summed E-state index contributed by atoms with van der Waals surface area (Å²) < 4.78 is 37.2. The summed E-state index contributed by atoms with van der Waals surface area (Å²) in [6.07, 6.45) is 6.00. The van der Waals surface area contributed by atoms with Gasteiger partial charge in [0.25, 0.3) is 5.91 Å². The number of pyridine rings is 1. The van der Waals surface area contributed by atoms with Gasteiger partial charge < -0.3 is 10.2 Å². The molecule has 2 fully saturated rings. The molecule has 0 atom stereocenters. The average Bonchev–Trinajstić information content (AvgIpc) is 2.77. The first kappa shape index (κ1) is 23.0. The highest BCUT2D eigenvalue weighted by Crippen LogP contribution is 2.53. The molecule has 1 aromatic carbocycles. The van der Waals surface area contributed by atoms with Gasteiger partial charge in [-0.05, 0) is 79.3 Å². The van der Waals surface area contributed by atoms with Crippen LogP contribution in [0, 0.1) is 12.7 Å². The van der Waals surface area contributed by atoms with Crippen molar-refractivity contribution in [1.29, 1.82) is 0 Å². The summed E-state index contributed by atoms with van der Waals surface area (Å²) in [7, 11) is -3.06. The number of nitrogens with zero attached hydrogens (tertiary/aromatic N) is 2. The number of aryl methyl sites for hydroxylation is 1. The number of carbonyl (C=O) groups excluding carboxylic acids is 1. The minimum absolute atomic E-state index is 0.